The molecular formula is C25H22F3N3O3. The number of anilines is 1. The molecule has 1 amide bonds. The second-order valence-electron chi connectivity index (χ2n) is 8.21. The minimum atomic E-state index is -4.42. The van der Waals surface area contributed by atoms with E-state index in [0.717, 1.165) is 17.7 Å². The molecule has 34 heavy (non-hydrogen) atoms. The molecular weight excluding hydrogens is 447 g/mol. The van der Waals surface area contributed by atoms with Gasteiger partial charge in [-0.05, 0) is 72.5 Å². The van der Waals surface area contributed by atoms with Crippen LogP contribution in [0.25, 0.3) is 5.52 Å². The average molecular weight is 469 g/mol. The Morgan fingerprint density at radius 1 is 1.09 bits per heavy atom. The van der Waals surface area contributed by atoms with Gasteiger partial charge < -0.3 is 10.1 Å². The van der Waals surface area contributed by atoms with E-state index in [1.807, 2.05) is 13.8 Å². The number of amides is 1. The van der Waals surface area contributed by atoms with Crippen molar-refractivity contribution >= 4 is 17.1 Å². The second kappa shape index (κ2) is 8.74. The number of carbonyl (C=O) groups excluding carboxylic acids is 1. The van der Waals surface area contributed by atoms with E-state index in [1.165, 1.54) is 16.6 Å². The van der Waals surface area contributed by atoms with Crippen LogP contribution in [0.3, 0.4) is 0 Å². The molecule has 2 aromatic carbocycles. The van der Waals surface area contributed by atoms with Gasteiger partial charge in [0.2, 0.25) is 0 Å². The molecule has 0 saturated heterocycles. The molecule has 0 saturated carbocycles. The molecule has 0 aliphatic carbocycles. The molecule has 0 fully saturated rings. The van der Waals surface area contributed by atoms with E-state index in [0.29, 0.717) is 22.5 Å². The maximum Gasteiger partial charge on any atom is 0.416 e. The predicted molar refractivity (Wildman–Crippen MR) is 123 cm³/mol. The molecule has 0 atom stereocenters. The van der Waals surface area contributed by atoms with Crippen LogP contribution in [0.15, 0.2) is 65.6 Å². The summed E-state index contributed by atoms with van der Waals surface area (Å²) in [5.41, 5.74) is 1.12. The Hall–Kier alpha value is -4.01. The summed E-state index contributed by atoms with van der Waals surface area (Å²) in [5.74, 6) is 0.144. The van der Waals surface area contributed by atoms with Crippen LogP contribution in [0, 0.1) is 6.92 Å². The molecule has 6 nitrogen and oxygen atoms in total. The highest BCUT2D eigenvalue weighted by atomic mass is 19.4. The van der Waals surface area contributed by atoms with E-state index in [9.17, 15) is 22.8 Å². The summed E-state index contributed by atoms with van der Waals surface area (Å²) in [6, 6.07) is 13.0. The zero-order chi connectivity index (χ0) is 24.6. The second-order valence-corrected chi connectivity index (χ2v) is 8.21. The van der Waals surface area contributed by atoms with E-state index < -0.39 is 23.2 Å². The van der Waals surface area contributed by atoms with E-state index in [2.05, 4.69) is 10.4 Å². The number of hydrogen-bond donors (Lipinski definition) is 2. The van der Waals surface area contributed by atoms with Crippen molar-refractivity contribution in [1.82, 2.24) is 9.61 Å². The van der Waals surface area contributed by atoms with Crippen LogP contribution in [-0.2, 0) is 6.18 Å². The standard InChI is InChI=1S/C25H22F3N3O3/c1-14(2)18-13-21(34-17-9-7-16(8-10-17)25(26,27)28)15(3)12-19(18)29-23(32)22-20-6-4-5-11-31(20)30-24(22)33/h4-14H,1-3H3,(H,29,32)(H,30,33). The van der Waals surface area contributed by atoms with Crippen LogP contribution in [0.5, 0.6) is 11.5 Å². The molecule has 0 aliphatic rings. The fraction of sp³-hybridized carbons (Fsp3) is 0.200. The third kappa shape index (κ3) is 4.54. The molecule has 2 aromatic heterocycles. The summed E-state index contributed by atoms with van der Waals surface area (Å²) >= 11 is 0. The number of nitrogens with one attached hydrogen (secondary N) is 2. The number of pyridine rings is 1. The smallest absolute Gasteiger partial charge is 0.416 e. The molecule has 2 heterocycles. The average Bonchev–Trinajstić information content (AvgIpc) is 3.10. The number of alkyl halides is 3. The van der Waals surface area contributed by atoms with Crippen molar-refractivity contribution in [3.8, 4) is 11.5 Å². The third-order valence-corrected chi connectivity index (χ3v) is 5.42. The maximum atomic E-state index is 13.0. The SMILES string of the molecule is Cc1cc(NC(=O)c2c(=O)[nH]n3ccccc23)c(C(C)C)cc1Oc1ccc(C(F)(F)F)cc1. The number of H-pyrrole nitrogens is 1. The highest BCUT2D eigenvalue weighted by Crippen LogP contribution is 2.36. The van der Waals surface area contributed by atoms with E-state index in [-0.39, 0.29) is 17.2 Å². The number of fused-ring (bicyclic) bond motifs is 1. The van der Waals surface area contributed by atoms with Gasteiger partial charge in [0, 0.05) is 11.9 Å². The lowest BCUT2D eigenvalue weighted by atomic mass is 9.98. The number of ether oxygens (including phenoxy) is 1. The Morgan fingerprint density at radius 3 is 2.44 bits per heavy atom. The van der Waals surface area contributed by atoms with E-state index in [4.69, 9.17) is 4.74 Å². The van der Waals surface area contributed by atoms with Gasteiger partial charge in [0.05, 0.1) is 11.1 Å². The zero-order valence-electron chi connectivity index (χ0n) is 18.7. The molecule has 0 radical (unpaired) electrons. The molecule has 9 heteroatoms. The van der Waals surface area contributed by atoms with Gasteiger partial charge >= 0.3 is 6.18 Å². The molecule has 176 valence electrons. The Bertz CT molecular complexity index is 1420. The van der Waals surface area contributed by atoms with Crippen LogP contribution in [0.1, 0.15) is 46.8 Å². The molecule has 2 N–H and O–H groups in total. The number of aryl methyl sites for hydroxylation is 1. The Kier molecular flexibility index (Phi) is 5.95. The van der Waals surface area contributed by atoms with Gasteiger partial charge in [0.1, 0.15) is 17.1 Å². The first-order valence-electron chi connectivity index (χ1n) is 10.5. The zero-order valence-corrected chi connectivity index (χ0v) is 18.7. The van der Waals surface area contributed by atoms with Crippen LogP contribution < -0.4 is 15.6 Å². The molecule has 4 aromatic rings. The van der Waals surface area contributed by atoms with Gasteiger partial charge in [-0.3, -0.25) is 19.2 Å². The largest absolute Gasteiger partial charge is 0.457 e. The topological polar surface area (TPSA) is 75.6 Å². The van der Waals surface area contributed by atoms with Crippen molar-refractivity contribution in [2.45, 2.75) is 32.9 Å². The molecule has 0 spiro atoms. The number of rotatable bonds is 5. The van der Waals surface area contributed by atoms with Crippen molar-refractivity contribution in [2.24, 2.45) is 0 Å². The van der Waals surface area contributed by atoms with Gasteiger partial charge in [-0.1, -0.05) is 19.9 Å². The lowest BCUT2D eigenvalue weighted by molar-refractivity contribution is -0.137. The van der Waals surface area contributed by atoms with Crippen LogP contribution in [-0.4, -0.2) is 15.5 Å². The Labute approximate surface area is 193 Å². The monoisotopic (exact) mass is 469 g/mol. The minimum Gasteiger partial charge on any atom is -0.457 e. The van der Waals surface area contributed by atoms with Gasteiger partial charge in [-0.25, -0.2) is 0 Å². The lowest BCUT2D eigenvalue weighted by Gasteiger charge is -2.18. The quantitative estimate of drug-likeness (QED) is 0.370. The molecule has 0 aliphatic heterocycles. The van der Waals surface area contributed by atoms with Crippen molar-refractivity contribution in [3.63, 3.8) is 0 Å². The number of aromatic nitrogens is 2. The van der Waals surface area contributed by atoms with E-state index in [1.54, 1.807) is 43.5 Å². The summed E-state index contributed by atoms with van der Waals surface area (Å²) in [6.45, 7) is 5.63. The normalized spacial score (nSPS) is 11.7. The Balaban J connectivity index is 1.64. The molecule has 0 bridgehead atoms. The van der Waals surface area contributed by atoms with Crippen molar-refractivity contribution in [1.29, 1.82) is 0 Å². The summed E-state index contributed by atoms with van der Waals surface area (Å²) in [6.07, 6.45) is -2.78. The number of halogens is 3. The summed E-state index contributed by atoms with van der Waals surface area (Å²) in [7, 11) is 0. The number of nitrogens with zero attached hydrogens (tertiary/aromatic N) is 1. The first-order chi connectivity index (χ1) is 16.0. The first kappa shape index (κ1) is 23.2. The first-order valence-corrected chi connectivity index (χ1v) is 10.5. The summed E-state index contributed by atoms with van der Waals surface area (Å²) in [4.78, 5) is 25.4. The van der Waals surface area contributed by atoms with Crippen LogP contribution in [0.4, 0.5) is 18.9 Å². The van der Waals surface area contributed by atoms with Gasteiger partial charge in [0.15, 0.2) is 0 Å². The van der Waals surface area contributed by atoms with Crippen molar-refractivity contribution < 1.29 is 22.7 Å². The van der Waals surface area contributed by atoms with Crippen molar-refractivity contribution in [2.75, 3.05) is 5.32 Å². The number of benzene rings is 2. The fourth-order valence-corrected chi connectivity index (χ4v) is 3.67. The van der Waals surface area contributed by atoms with E-state index >= 15 is 0 Å². The number of aromatic amines is 1. The number of carbonyl (C=O) groups is 1. The fourth-order valence-electron chi connectivity index (χ4n) is 3.67. The molecule has 4 rings (SSSR count). The number of hydrogen-bond acceptors (Lipinski definition) is 3. The van der Waals surface area contributed by atoms with Crippen LogP contribution in [0.2, 0.25) is 0 Å². The maximum absolute atomic E-state index is 13.0. The third-order valence-electron chi connectivity index (χ3n) is 5.42. The summed E-state index contributed by atoms with van der Waals surface area (Å²) in [5, 5.41) is 5.43. The minimum absolute atomic E-state index is 0.00181. The molecule has 0 unspecified atom stereocenters. The highest BCUT2D eigenvalue weighted by molar-refractivity contribution is 6.09. The van der Waals surface area contributed by atoms with Crippen molar-refractivity contribution in [3.05, 3.63) is 93.4 Å². The predicted octanol–water partition coefficient (Wildman–Crippen LogP) is 6.12. The van der Waals surface area contributed by atoms with Crippen LogP contribution >= 0.6 is 0 Å². The van der Waals surface area contributed by atoms with Gasteiger partial charge in [0.25, 0.3) is 11.5 Å². The summed E-state index contributed by atoms with van der Waals surface area (Å²) < 4.78 is 45.8. The Morgan fingerprint density at radius 2 is 1.79 bits per heavy atom. The highest BCUT2D eigenvalue weighted by Gasteiger charge is 2.30. The lowest BCUT2D eigenvalue weighted by Crippen LogP contribution is -2.20. The van der Waals surface area contributed by atoms with Gasteiger partial charge in [-0.2, -0.15) is 13.2 Å². The van der Waals surface area contributed by atoms with Gasteiger partial charge in [-0.15, -0.1) is 0 Å².